The molecule has 5 heteroatoms. The molecule has 0 unspecified atom stereocenters. The van der Waals surface area contributed by atoms with E-state index in [0.717, 1.165) is 22.2 Å². The lowest BCUT2D eigenvalue weighted by molar-refractivity contribution is -0.140. The van der Waals surface area contributed by atoms with Crippen molar-refractivity contribution in [3.05, 3.63) is 63.9 Å². The zero-order valence-corrected chi connectivity index (χ0v) is 18.3. The van der Waals surface area contributed by atoms with E-state index in [1.807, 2.05) is 12.3 Å². The Morgan fingerprint density at radius 2 is 1.67 bits per heavy atom. The van der Waals surface area contributed by atoms with Gasteiger partial charge < -0.3 is 15.4 Å². The topological polar surface area (TPSA) is 82.2 Å². The van der Waals surface area contributed by atoms with E-state index in [0.29, 0.717) is 5.57 Å². The van der Waals surface area contributed by atoms with Gasteiger partial charge in [-0.1, -0.05) is 6.07 Å². The lowest BCUT2D eigenvalue weighted by atomic mass is 9.85. The minimum Gasteiger partial charge on any atom is -0.480 e. The summed E-state index contributed by atoms with van der Waals surface area (Å²) in [5, 5.41) is 12.7. The van der Waals surface area contributed by atoms with Crippen LogP contribution in [0, 0.1) is 27.7 Å². The molecule has 3 aromatic rings. The van der Waals surface area contributed by atoms with Crippen LogP contribution in [0.25, 0.3) is 28.1 Å². The SMILES string of the molecule is C/C(=C\c1c(C)c(C)c(-c2ccc3[nH]ccc3c2)c(C)c1C)C(=O)N[C@H](C)C(=O)O. The molecule has 0 spiro atoms. The maximum absolute atomic E-state index is 12.4. The van der Waals surface area contributed by atoms with Gasteiger partial charge in [-0.05, 0) is 110 Å². The smallest absolute Gasteiger partial charge is 0.325 e. The molecule has 2 aromatic carbocycles. The number of fused-ring (bicyclic) bond motifs is 1. The first-order chi connectivity index (χ1) is 14.1. The number of aromatic amines is 1. The van der Waals surface area contributed by atoms with Crippen molar-refractivity contribution in [2.45, 2.75) is 47.6 Å². The number of aromatic nitrogens is 1. The minimum absolute atomic E-state index is 0.374. The number of carbonyl (C=O) groups excluding carboxylic acids is 1. The average Bonchev–Trinajstić information content (AvgIpc) is 3.17. The van der Waals surface area contributed by atoms with Crippen molar-refractivity contribution in [2.75, 3.05) is 0 Å². The van der Waals surface area contributed by atoms with Gasteiger partial charge in [-0.3, -0.25) is 9.59 Å². The van der Waals surface area contributed by atoms with E-state index in [9.17, 15) is 9.59 Å². The zero-order valence-electron chi connectivity index (χ0n) is 18.3. The van der Waals surface area contributed by atoms with E-state index in [2.05, 4.69) is 62.3 Å². The summed E-state index contributed by atoms with van der Waals surface area (Å²) in [7, 11) is 0. The molecular formula is C25H28N2O3. The fraction of sp³-hybridized carbons (Fsp3) is 0.280. The Balaban J connectivity index is 2.06. The number of carboxylic acid groups (broad SMARTS) is 1. The highest BCUT2D eigenvalue weighted by Gasteiger charge is 2.18. The van der Waals surface area contributed by atoms with Crippen molar-refractivity contribution in [3.8, 4) is 11.1 Å². The number of hydrogen-bond donors (Lipinski definition) is 3. The molecular weight excluding hydrogens is 376 g/mol. The molecule has 0 radical (unpaired) electrons. The summed E-state index contributed by atoms with van der Waals surface area (Å²) in [6.45, 7) is 11.5. The number of rotatable bonds is 5. The highest BCUT2D eigenvalue weighted by atomic mass is 16.4. The van der Waals surface area contributed by atoms with Crippen LogP contribution in [0.1, 0.15) is 41.7 Å². The largest absolute Gasteiger partial charge is 0.480 e. The van der Waals surface area contributed by atoms with Gasteiger partial charge in [0, 0.05) is 17.3 Å². The van der Waals surface area contributed by atoms with Gasteiger partial charge in [-0.25, -0.2) is 0 Å². The standard InChI is InChI=1S/C25H28N2O3/c1-13(24(28)27-18(6)25(29)30)11-21-14(2)16(4)23(17(5)15(21)3)20-7-8-22-19(12-20)9-10-26-22/h7-12,18,26H,1-6H3,(H,27,28)(H,29,30)/b13-11+/t18-/m1/s1. The molecule has 0 aliphatic rings. The minimum atomic E-state index is -1.06. The summed E-state index contributed by atoms with van der Waals surface area (Å²) in [4.78, 5) is 26.6. The predicted molar refractivity (Wildman–Crippen MR) is 122 cm³/mol. The molecule has 5 nitrogen and oxygen atoms in total. The molecule has 30 heavy (non-hydrogen) atoms. The van der Waals surface area contributed by atoms with Crippen LogP contribution in [-0.4, -0.2) is 28.0 Å². The third-order valence-electron chi connectivity index (χ3n) is 5.96. The third-order valence-corrected chi connectivity index (χ3v) is 5.96. The second-order valence-corrected chi connectivity index (χ2v) is 7.93. The molecule has 1 atom stereocenters. The molecule has 0 aliphatic carbocycles. The Morgan fingerprint density at radius 1 is 1.03 bits per heavy atom. The van der Waals surface area contributed by atoms with E-state index < -0.39 is 12.0 Å². The van der Waals surface area contributed by atoms with Gasteiger partial charge in [0.15, 0.2) is 0 Å². The number of carbonyl (C=O) groups is 2. The molecule has 0 bridgehead atoms. The summed E-state index contributed by atoms with van der Waals surface area (Å²) >= 11 is 0. The quantitative estimate of drug-likeness (QED) is 0.520. The van der Waals surface area contributed by atoms with Gasteiger partial charge in [0.25, 0.3) is 0 Å². The fourth-order valence-electron chi connectivity index (χ4n) is 3.85. The first-order valence-electron chi connectivity index (χ1n) is 10.0. The highest BCUT2D eigenvalue weighted by Crippen LogP contribution is 2.36. The molecule has 0 saturated heterocycles. The highest BCUT2D eigenvalue weighted by molar-refractivity contribution is 5.99. The van der Waals surface area contributed by atoms with E-state index in [1.54, 1.807) is 6.92 Å². The molecule has 0 aliphatic heterocycles. The number of benzene rings is 2. The van der Waals surface area contributed by atoms with Gasteiger partial charge in [-0.15, -0.1) is 0 Å². The van der Waals surface area contributed by atoms with Crippen LogP contribution in [0.15, 0.2) is 36.0 Å². The normalized spacial score (nSPS) is 12.8. The average molecular weight is 405 g/mol. The lowest BCUT2D eigenvalue weighted by Crippen LogP contribution is -2.38. The van der Waals surface area contributed by atoms with Gasteiger partial charge >= 0.3 is 5.97 Å². The summed E-state index contributed by atoms with van der Waals surface area (Å²) in [6.07, 6.45) is 3.80. The molecule has 0 fully saturated rings. The number of amides is 1. The molecule has 1 aromatic heterocycles. The maximum atomic E-state index is 12.4. The van der Waals surface area contributed by atoms with E-state index in [4.69, 9.17) is 5.11 Å². The van der Waals surface area contributed by atoms with Crippen molar-refractivity contribution in [1.29, 1.82) is 0 Å². The summed E-state index contributed by atoms with van der Waals surface area (Å²) < 4.78 is 0. The zero-order chi connectivity index (χ0) is 22.2. The van der Waals surface area contributed by atoms with Gasteiger partial charge in [-0.2, -0.15) is 0 Å². The van der Waals surface area contributed by atoms with Crippen LogP contribution in [0.5, 0.6) is 0 Å². The number of H-pyrrole nitrogens is 1. The van der Waals surface area contributed by atoms with Crippen LogP contribution in [-0.2, 0) is 9.59 Å². The molecule has 3 N–H and O–H groups in total. The van der Waals surface area contributed by atoms with Crippen LogP contribution in [0.2, 0.25) is 0 Å². The predicted octanol–water partition coefficient (Wildman–Crippen LogP) is 5.06. The summed E-state index contributed by atoms with van der Waals surface area (Å²) in [5.41, 5.74) is 9.55. The Hall–Kier alpha value is -3.34. The Morgan fingerprint density at radius 3 is 2.27 bits per heavy atom. The number of carboxylic acids is 1. The first kappa shape index (κ1) is 21.4. The van der Waals surface area contributed by atoms with Crippen LogP contribution in [0.3, 0.4) is 0 Å². The second kappa shape index (κ2) is 8.19. The maximum Gasteiger partial charge on any atom is 0.325 e. The van der Waals surface area contributed by atoms with Gasteiger partial charge in [0.05, 0.1) is 0 Å². The van der Waals surface area contributed by atoms with E-state index in [-0.39, 0.29) is 5.91 Å². The molecule has 3 rings (SSSR count). The molecule has 0 saturated carbocycles. The summed E-state index contributed by atoms with van der Waals surface area (Å²) in [6, 6.07) is 7.56. The Kier molecular flexibility index (Phi) is 5.83. The van der Waals surface area contributed by atoms with Crippen molar-refractivity contribution in [3.63, 3.8) is 0 Å². The van der Waals surface area contributed by atoms with Gasteiger partial charge in [0.2, 0.25) is 5.91 Å². The van der Waals surface area contributed by atoms with Crippen molar-refractivity contribution < 1.29 is 14.7 Å². The van der Waals surface area contributed by atoms with Crippen LogP contribution >= 0.6 is 0 Å². The first-order valence-corrected chi connectivity index (χ1v) is 10.0. The Bertz CT molecular complexity index is 1160. The lowest BCUT2D eigenvalue weighted by Gasteiger charge is -2.20. The third kappa shape index (κ3) is 3.88. The van der Waals surface area contributed by atoms with Crippen molar-refractivity contribution >= 4 is 28.9 Å². The summed E-state index contributed by atoms with van der Waals surface area (Å²) in [5.74, 6) is -1.43. The van der Waals surface area contributed by atoms with Crippen LogP contribution in [0.4, 0.5) is 0 Å². The van der Waals surface area contributed by atoms with Crippen molar-refractivity contribution in [2.24, 2.45) is 0 Å². The number of nitrogens with one attached hydrogen (secondary N) is 2. The molecule has 1 amide bonds. The van der Waals surface area contributed by atoms with E-state index in [1.165, 1.54) is 34.6 Å². The van der Waals surface area contributed by atoms with Gasteiger partial charge in [0.1, 0.15) is 6.04 Å². The monoisotopic (exact) mass is 404 g/mol. The number of aliphatic carboxylic acids is 1. The fourth-order valence-corrected chi connectivity index (χ4v) is 3.85. The molecule has 156 valence electrons. The molecule has 1 heterocycles. The van der Waals surface area contributed by atoms with E-state index >= 15 is 0 Å². The number of hydrogen-bond acceptors (Lipinski definition) is 2. The second-order valence-electron chi connectivity index (χ2n) is 7.93. The van der Waals surface area contributed by atoms with Crippen LogP contribution < -0.4 is 5.32 Å². The Labute approximate surface area is 176 Å². The van der Waals surface area contributed by atoms with Crippen molar-refractivity contribution in [1.82, 2.24) is 10.3 Å².